The molecule has 1 atom stereocenters. The van der Waals surface area contributed by atoms with E-state index < -0.39 is 0 Å². The fourth-order valence-electron chi connectivity index (χ4n) is 1.95. The maximum absolute atomic E-state index is 12.0. The Morgan fingerprint density at radius 1 is 1.10 bits per heavy atom. The number of hydrogen-bond acceptors (Lipinski definition) is 1. The Balaban J connectivity index is 1.97. The third kappa shape index (κ3) is 3.99. The molecule has 2 aromatic carbocycles. The van der Waals surface area contributed by atoms with Gasteiger partial charge in [0.25, 0.3) is 0 Å². The number of carbonyl (C=O) groups is 1. The quantitative estimate of drug-likeness (QED) is 0.890. The van der Waals surface area contributed by atoms with Gasteiger partial charge >= 0.3 is 0 Å². The van der Waals surface area contributed by atoms with Gasteiger partial charge in [-0.1, -0.05) is 59.6 Å². The summed E-state index contributed by atoms with van der Waals surface area (Å²) in [5, 5.41) is 3.92. The molecule has 0 saturated heterocycles. The van der Waals surface area contributed by atoms with Crippen LogP contribution >= 0.6 is 23.2 Å². The highest BCUT2D eigenvalue weighted by molar-refractivity contribution is 6.42. The largest absolute Gasteiger partial charge is 0.349 e. The van der Waals surface area contributed by atoms with Gasteiger partial charge in [0.2, 0.25) is 5.91 Å². The summed E-state index contributed by atoms with van der Waals surface area (Å²) in [5.41, 5.74) is 1.92. The van der Waals surface area contributed by atoms with Gasteiger partial charge in [-0.3, -0.25) is 4.79 Å². The van der Waals surface area contributed by atoms with Crippen LogP contribution in [0.4, 0.5) is 0 Å². The predicted octanol–water partition coefficient (Wildman–Crippen LogP) is 4.41. The van der Waals surface area contributed by atoms with E-state index in [0.717, 1.165) is 11.1 Å². The van der Waals surface area contributed by atoms with Crippen molar-refractivity contribution in [3.8, 4) is 0 Å². The van der Waals surface area contributed by atoms with Gasteiger partial charge in [0, 0.05) is 0 Å². The molecular weight excluding hydrogens is 293 g/mol. The first-order chi connectivity index (χ1) is 9.56. The molecule has 0 unspecified atom stereocenters. The van der Waals surface area contributed by atoms with E-state index in [1.807, 2.05) is 37.3 Å². The van der Waals surface area contributed by atoms with E-state index in [-0.39, 0.29) is 18.4 Å². The van der Waals surface area contributed by atoms with Crippen molar-refractivity contribution in [2.45, 2.75) is 19.4 Å². The van der Waals surface area contributed by atoms with Crippen LogP contribution in [0.15, 0.2) is 48.5 Å². The standard InChI is InChI=1S/C16H15Cl2NO/c1-11(13-5-3-2-4-6-13)19-16(20)10-12-7-8-14(17)15(18)9-12/h2-9,11H,10H2,1H3,(H,19,20)/t11-/m1/s1. The summed E-state index contributed by atoms with van der Waals surface area (Å²) in [6.07, 6.45) is 0.286. The van der Waals surface area contributed by atoms with Crippen LogP contribution in [0, 0.1) is 0 Å². The molecule has 20 heavy (non-hydrogen) atoms. The van der Waals surface area contributed by atoms with Gasteiger partial charge in [0.15, 0.2) is 0 Å². The van der Waals surface area contributed by atoms with Gasteiger partial charge in [-0.05, 0) is 30.2 Å². The van der Waals surface area contributed by atoms with Crippen LogP contribution in [-0.2, 0) is 11.2 Å². The first-order valence-corrected chi connectivity index (χ1v) is 7.10. The van der Waals surface area contributed by atoms with Crippen molar-refractivity contribution < 1.29 is 4.79 Å². The average molecular weight is 308 g/mol. The molecule has 0 heterocycles. The zero-order valence-corrected chi connectivity index (χ0v) is 12.6. The molecule has 1 N–H and O–H groups in total. The molecule has 4 heteroatoms. The van der Waals surface area contributed by atoms with Gasteiger partial charge in [0.05, 0.1) is 22.5 Å². The molecule has 1 amide bonds. The SMILES string of the molecule is C[C@@H](NC(=O)Cc1ccc(Cl)c(Cl)c1)c1ccccc1. The van der Waals surface area contributed by atoms with Crippen LogP contribution in [0.25, 0.3) is 0 Å². The molecule has 0 radical (unpaired) electrons. The van der Waals surface area contributed by atoms with Gasteiger partial charge < -0.3 is 5.32 Å². The van der Waals surface area contributed by atoms with Crippen molar-refractivity contribution in [3.63, 3.8) is 0 Å². The van der Waals surface area contributed by atoms with E-state index in [9.17, 15) is 4.79 Å². The zero-order valence-electron chi connectivity index (χ0n) is 11.1. The highest BCUT2D eigenvalue weighted by atomic mass is 35.5. The second-order valence-electron chi connectivity index (χ2n) is 4.63. The Bertz CT molecular complexity index is 599. The Morgan fingerprint density at radius 3 is 2.45 bits per heavy atom. The summed E-state index contributed by atoms with van der Waals surface area (Å²) in [7, 11) is 0. The van der Waals surface area contributed by atoms with Gasteiger partial charge in [-0.15, -0.1) is 0 Å². The number of nitrogens with one attached hydrogen (secondary N) is 1. The molecule has 0 saturated carbocycles. The molecule has 0 aromatic heterocycles. The van der Waals surface area contributed by atoms with Gasteiger partial charge in [-0.2, -0.15) is 0 Å². The lowest BCUT2D eigenvalue weighted by molar-refractivity contribution is -0.121. The van der Waals surface area contributed by atoms with Crippen LogP contribution in [0.2, 0.25) is 10.0 Å². The molecule has 0 spiro atoms. The van der Waals surface area contributed by atoms with Crippen molar-refractivity contribution in [2.24, 2.45) is 0 Å². The first-order valence-electron chi connectivity index (χ1n) is 6.34. The van der Waals surface area contributed by atoms with Crippen molar-refractivity contribution in [2.75, 3.05) is 0 Å². The molecule has 0 aliphatic carbocycles. The molecule has 0 bridgehead atoms. The van der Waals surface area contributed by atoms with Crippen LogP contribution < -0.4 is 5.32 Å². The Morgan fingerprint density at radius 2 is 1.80 bits per heavy atom. The zero-order chi connectivity index (χ0) is 14.5. The van der Waals surface area contributed by atoms with Crippen LogP contribution in [0.5, 0.6) is 0 Å². The summed E-state index contributed by atoms with van der Waals surface area (Å²) >= 11 is 11.8. The third-order valence-electron chi connectivity index (χ3n) is 3.03. The van der Waals surface area contributed by atoms with E-state index in [1.165, 1.54) is 0 Å². The van der Waals surface area contributed by atoms with Crippen molar-refractivity contribution >= 4 is 29.1 Å². The Labute approximate surface area is 128 Å². The smallest absolute Gasteiger partial charge is 0.224 e. The molecule has 0 aliphatic rings. The van der Waals surface area contributed by atoms with E-state index >= 15 is 0 Å². The lowest BCUT2D eigenvalue weighted by Gasteiger charge is -2.14. The van der Waals surface area contributed by atoms with Crippen molar-refractivity contribution in [1.82, 2.24) is 5.32 Å². The van der Waals surface area contributed by atoms with Crippen LogP contribution in [-0.4, -0.2) is 5.91 Å². The Hall–Kier alpha value is -1.51. The second-order valence-corrected chi connectivity index (χ2v) is 5.44. The van der Waals surface area contributed by atoms with Crippen LogP contribution in [0.1, 0.15) is 24.1 Å². The van der Waals surface area contributed by atoms with Crippen LogP contribution in [0.3, 0.4) is 0 Å². The fraction of sp³-hybridized carbons (Fsp3) is 0.188. The lowest BCUT2D eigenvalue weighted by Crippen LogP contribution is -2.28. The molecular formula is C16H15Cl2NO. The summed E-state index contributed by atoms with van der Waals surface area (Å²) in [4.78, 5) is 12.0. The van der Waals surface area contributed by atoms with Crippen molar-refractivity contribution in [1.29, 1.82) is 0 Å². The molecule has 2 nitrogen and oxygen atoms in total. The highest BCUT2D eigenvalue weighted by Gasteiger charge is 2.10. The minimum absolute atomic E-state index is 0.0218. The predicted molar refractivity (Wildman–Crippen MR) is 83.2 cm³/mol. The Kier molecular flexibility index (Phi) is 5.05. The van der Waals surface area contributed by atoms with Gasteiger partial charge in [0.1, 0.15) is 0 Å². The maximum atomic E-state index is 12.0. The second kappa shape index (κ2) is 6.78. The number of carbonyl (C=O) groups excluding carboxylic acids is 1. The number of hydrogen-bond donors (Lipinski definition) is 1. The monoisotopic (exact) mass is 307 g/mol. The minimum atomic E-state index is -0.0419. The molecule has 2 aromatic rings. The van der Waals surface area contributed by atoms with Gasteiger partial charge in [-0.25, -0.2) is 0 Å². The topological polar surface area (TPSA) is 29.1 Å². The van der Waals surface area contributed by atoms with E-state index in [1.54, 1.807) is 18.2 Å². The lowest BCUT2D eigenvalue weighted by atomic mass is 10.1. The number of rotatable bonds is 4. The third-order valence-corrected chi connectivity index (χ3v) is 3.76. The summed E-state index contributed by atoms with van der Waals surface area (Å²) in [6.45, 7) is 1.96. The number of benzene rings is 2. The highest BCUT2D eigenvalue weighted by Crippen LogP contribution is 2.23. The van der Waals surface area contributed by atoms with E-state index in [0.29, 0.717) is 10.0 Å². The minimum Gasteiger partial charge on any atom is -0.349 e. The van der Waals surface area contributed by atoms with E-state index in [4.69, 9.17) is 23.2 Å². The summed E-state index contributed by atoms with van der Waals surface area (Å²) < 4.78 is 0. The fourth-order valence-corrected chi connectivity index (χ4v) is 2.27. The first kappa shape index (κ1) is 14.9. The van der Waals surface area contributed by atoms with E-state index in [2.05, 4.69) is 5.32 Å². The summed E-state index contributed by atoms with van der Waals surface area (Å²) in [5.74, 6) is -0.0419. The molecule has 0 aliphatic heterocycles. The normalized spacial score (nSPS) is 11.9. The number of amides is 1. The van der Waals surface area contributed by atoms with Crippen molar-refractivity contribution in [3.05, 3.63) is 69.7 Å². The molecule has 2 rings (SSSR count). The average Bonchev–Trinajstić information content (AvgIpc) is 2.44. The summed E-state index contributed by atoms with van der Waals surface area (Å²) in [6, 6.07) is 15.0. The maximum Gasteiger partial charge on any atom is 0.224 e. The molecule has 104 valence electrons. The molecule has 0 fully saturated rings. The number of halogens is 2.